The van der Waals surface area contributed by atoms with Crippen LogP contribution in [0.15, 0.2) is 6.33 Å². The molecule has 5 heteroatoms. The predicted molar refractivity (Wildman–Crippen MR) is 60.8 cm³/mol. The minimum absolute atomic E-state index is 0.300. The molecule has 0 radical (unpaired) electrons. The Kier molecular flexibility index (Phi) is 2.91. The largest absolute Gasteiger partial charge is 0.353 e. The number of aryl methyl sites for hydroxylation is 1. The van der Waals surface area contributed by atoms with Crippen LogP contribution in [0, 0.1) is 18.7 Å². The first kappa shape index (κ1) is 10.8. The SMILES string of the molecule is Cc1ncnc(N2CC(C)C(Br)C2)c1F. The summed E-state index contributed by atoms with van der Waals surface area (Å²) in [5, 5.41) is 0. The number of anilines is 1. The van der Waals surface area contributed by atoms with Crippen LogP contribution in [0.5, 0.6) is 0 Å². The highest BCUT2D eigenvalue weighted by atomic mass is 79.9. The molecule has 0 bridgehead atoms. The highest BCUT2D eigenvalue weighted by molar-refractivity contribution is 9.09. The minimum Gasteiger partial charge on any atom is -0.353 e. The van der Waals surface area contributed by atoms with Crippen molar-refractivity contribution in [1.82, 2.24) is 9.97 Å². The Morgan fingerprint density at radius 1 is 1.47 bits per heavy atom. The third kappa shape index (κ3) is 1.97. The van der Waals surface area contributed by atoms with Gasteiger partial charge in [-0.05, 0) is 12.8 Å². The molecular formula is C10H13BrFN3. The molecule has 1 aliphatic rings. The molecule has 0 amide bonds. The monoisotopic (exact) mass is 273 g/mol. The maximum absolute atomic E-state index is 13.7. The highest BCUT2D eigenvalue weighted by Gasteiger charge is 2.30. The lowest BCUT2D eigenvalue weighted by atomic mass is 10.2. The molecule has 0 N–H and O–H groups in total. The van der Waals surface area contributed by atoms with Gasteiger partial charge in [0.15, 0.2) is 11.6 Å². The quantitative estimate of drug-likeness (QED) is 0.735. The molecule has 1 saturated heterocycles. The van der Waals surface area contributed by atoms with Gasteiger partial charge < -0.3 is 4.90 Å². The number of rotatable bonds is 1. The number of hydrogen-bond acceptors (Lipinski definition) is 3. The summed E-state index contributed by atoms with van der Waals surface area (Å²) in [4.78, 5) is 10.2. The van der Waals surface area contributed by atoms with Crippen molar-refractivity contribution in [3.63, 3.8) is 0 Å². The Morgan fingerprint density at radius 2 is 2.20 bits per heavy atom. The molecule has 2 heterocycles. The van der Waals surface area contributed by atoms with Gasteiger partial charge in [-0.2, -0.15) is 0 Å². The lowest BCUT2D eigenvalue weighted by molar-refractivity contribution is 0.594. The Morgan fingerprint density at radius 3 is 2.80 bits per heavy atom. The third-order valence-electron chi connectivity index (χ3n) is 2.77. The van der Waals surface area contributed by atoms with Crippen molar-refractivity contribution < 1.29 is 4.39 Å². The normalized spacial score (nSPS) is 26.0. The summed E-state index contributed by atoms with van der Waals surface area (Å²) in [6.07, 6.45) is 1.42. The number of alkyl halides is 1. The summed E-state index contributed by atoms with van der Waals surface area (Å²) in [6.45, 7) is 5.44. The molecule has 1 aliphatic heterocycles. The van der Waals surface area contributed by atoms with Gasteiger partial charge in [-0.1, -0.05) is 22.9 Å². The van der Waals surface area contributed by atoms with E-state index in [0.717, 1.165) is 13.1 Å². The topological polar surface area (TPSA) is 29.0 Å². The van der Waals surface area contributed by atoms with Crippen molar-refractivity contribution in [3.8, 4) is 0 Å². The van der Waals surface area contributed by atoms with Gasteiger partial charge in [-0.15, -0.1) is 0 Å². The maximum atomic E-state index is 13.7. The van der Waals surface area contributed by atoms with E-state index in [4.69, 9.17) is 0 Å². The van der Waals surface area contributed by atoms with Crippen LogP contribution in [-0.4, -0.2) is 27.9 Å². The molecule has 2 unspecified atom stereocenters. The molecule has 1 aromatic rings. The van der Waals surface area contributed by atoms with Gasteiger partial charge in [-0.25, -0.2) is 14.4 Å². The van der Waals surface area contributed by atoms with Crippen LogP contribution in [-0.2, 0) is 0 Å². The first-order valence-corrected chi connectivity index (χ1v) is 5.87. The molecule has 2 atom stereocenters. The number of aromatic nitrogens is 2. The van der Waals surface area contributed by atoms with Gasteiger partial charge in [0.05, 0.1) is 5.69 Å². The minimum atomic E-state index is -0.300. The molecule has 0 aromatic carbocycles. The summed E-state index contributed by atoms with van der Waals surface area (Å²) >= 11 is 3.58. The summed E-state index contributed by atoms with van der Waals surface area (Å²) in [5.41, 5.74) is 0.408. The van der Waals surface area contributed by atoms with Crippen molar-refractivity contribution >= 4 is 21.7 Å². The lowest BCUT2D eigenvalue weighted by Crippen LogP contribution is -2.23. The highest BCUT2D eigenvalue weighted by Crippen LogP contribution is 2.28. The van der Waals surface area contributed by atoms with Gasteiger partial charge in [0.25, 0.3) is 0 Å². The average Bonchev–Trinajstić information content (AvgIpc) is 2.51. The van der Waals surface area contributed by atoms with Crippen LogP contribution >= 0.6 is 15.9 Å². The lowest BCUT2D eigenvalue weighted by Gasteiger charge is -2.17. The molecule has 3 nitrogen and oxygen atoms in total. The van der Waals surface area contributed by atoms with Crippen molar-refractivity contribution in [1.29, 1.82) is 0 Å². The van der Waals surface area contributed by atoms with E-state index < -0.39 is 0 Å². The summed E-state index contributed by atoms with van der Waals surface area (Å²) in [6, 6.07) is 0. The molecular weight excluding hydrogens is 261 g/mol. The van der Waals surface area contributed by atoms with Crippen LogP contribution in [0.25, 0.3) is 0 Å². The average molecular weight is 274 g/mol. The number of halogens is 2. The zero-order valence-electron chi connectivity index (χ0n) is 8.74. The number of hydrogen-bond donors (Lipinski definition) is 0. The summed E-state index contributed by atoms with van der Waals surface area (Å²) in [5.74, 6) is 0.641. The van der Waals surface area contributed by atoms with Crippen molar-refractivity contribution in [3.05, 3.63) is 17.8 Å². The first-order chi connectivity index (χ1) is 7.09. The van der Waals surface area contributed by atoms with Crippen molar-refractivity contribution in [2.24, 2.45) is 5.92 Å². The zero-order valence-corrected chi connectivity index (χ0v) is 10.3. The maximum Gasteiger partial charge on any atom is 0.186 e. The molecule has 2 rings (SSSR count). The molecule has 1 aromatic heterocycles. The van der Waals surface area contributed by atoms with Crippen molar-refractivity contribution in [2.75, 3.05) is 18.0 Å². The van der Waals surface area contributed by atoms with Crippen LogP contribution in [0.2, 0.25) is 0 Å². The van der Waals surface area contributed by atoms with Gasteiger partial charge in [0.2, 0.25) is 0 Å². The Labute approximate surface area is 96.8 Å². The summed E-state index contributed by atoms with van der Waals surface area (Å²) in [7, 11) is 0. The molecule has 0 aliphatic carbocycles. The number of nitrogens with zero attached hydrogens (tertiary/aromatic N) is 3. The van der Waals surface area contributed by atoms with E-state index >= 15 is 0 Å². The first-order valence-electron chi connectivity index (χ1n) is 4.95. The Hall–Kier alpha value is -0.710. The zero-order chi connectivity index (χ0) is 11.0. The second kappa shape index (κ2) is 4.04. The van der Waals surface area contributed by atoms with E-state index in [1.54, 1.807) is 6.92 Å². The van der Waals surface area contributed by atoms with E-state index in [0.29, 0.717) is 22.3 Å². The van der Waals surface area contributed by atoms with Crippen molar-refractivity contribution in [2.45, 2.75) is 18.7 Å². The van der Waals surface area contributed by atoms with Gasteiger partial charge in [0.1, 0.15) is 6.33 Å². The Balaban J connectivity index is 2.27. The molecule has 82 valence electrons. The summed E-state index contributed by atoms with van der Waals surface area (Å²) < 4.78 is 13.7. The fourth-order valence-electron chi connectivity index (χ4n) is 1.77. The van der Waals surface area contributed by atoms with E-state index in [1.807, 2.05) is 4.90 Å². The molecule has 0 spiro atoms. The van der Waals surface area contributed by atoms with Gasteiger partial charge >= 0.3 is 0 Å². The smallest absolute Gasteiger partial charge is 0.186 e. The fourth-order valence-corrected chi connectivity index (χ4v) is 2.28. The second-order valence-electron chi connectivity index (χ2n) is 3.99. The molecule has 1 fully saturated rings. The fraction of sp³-hybridized carbons (Fsp3) is 0.600. The van der Waals surface area contributed by atoms with Crippen LogP contribution in [0.3, 0.4) is 0 Å². The van der Waals surface area contributed by atoms with Gasteiger partial charge in [-0.3, -0.25) is 0 Å². The van der Waals surface area contributed by atoms with E-state index in [1.165, 1.54) is 6.33 Å². The standard InChI is InChI=1S/C10H13BrFN3/c1-6-3-15(4-8(6)11)10-9(12)7(2)13-5-14-10/h5-6,8H,3-4H2,1-2H3. The Bertz CT molecular complexity index is 362. The predicted octanol–water partition coefficient (Wildman–Crippen LogP) is 2.14. The third-order valence-corrected chi connectivity index (χ3v) is 3.96. The molecule has 15 heavy (non-hydrogen) atoms. The van der Waals surface area contributed by atoms with E-state index in [2.05, 4.69) is 32.8 Å². The second-order valence-corrected chi connectivity index (χ2v) is 5.17. The van der Waals surface area contributed by atoms with Gasteiger partial charge in [0, 0.05) is 17.9 Å². The van der Waals surface area contributed by atoms with Crippen LogP contribution < -0.4 is 4.90 Å². The van der Waals surface area contributed by atoms with E-state index in [9.17, 15) is 4.39 Å². The van der Waals surface area contributed by atoms with E-state index in [-0.39, 0.29) is 5.82 Å². The van der Waals surface area contributed by atoms with Crippen LogP contribution in [0.1, 0.15) is 12.6 Å². The molecule has 0 saturated carbocycles. The van der Waals surface area contributed by atoms with Crippen LogP contribution in [0.4, 0.5) is 10.2 Å².